The van der Waals surface area contributed by atoms with E-state index in [1.165, 1.54) is 6.26 Å². The van der Waals surface area contributed by atoms with Crippen LogP contribution in [0.25, 0.3) is 0 Å². The third-order valence-electron chi connectivity index (χ3n) is 2.44. The predicted molar refractivity (Wildman–Crippen MR) is 74.9 cm³/mol. The molecule has 0 amide bonds. The lowest BCUT2D eigenvalue weighted by molar-refractivity contribution is 0.500. The molecule has 0 aliphatic heterocycles. The average molecular weight is 320 g/mol. The van der Waals surface area contributed by atoms with Gasteiger partial charge in [0.15, 0.2) is 0 Å². The van der Waals surface area contributed by atoms with Crippen molar-refractivity contribution in [3.05, 3.63) is 34.3 Å². The number of hydrogen-bond acceptors (Lipinski definition) is 3. The molecular formula is C12H18BrNO2S. The van der Waals surface area contributed by atoms with E-state index in [0.717, 1.165) is 10.0 Å². The van der Waals surface area contributed by atoms with Gasteiger partial charge in [0.25, 0.3) is 0 Å². The molecule has 0 aliphatic rings. The smallest absolute Gasteiger partial charge is 0.148 e. The molecule has 0 bridgehead atoms. The monoisotopic (exact) mass is 319 g/mol. The molecule has 0 heterocycles. The fourth-order valence-corrected chi connectivity index (χ4v) is 3.22. The third-order valence-corrected chi connectivity index (χ3v) is 4.03. The Morgan fingerprint density at radius 2 is 2.00 bits per heavy atom. The number of hydrogen-bond donors (Lipinski definition) is 1. The molecule has 1 N–H and O–H groups in total. The summed E-state index contributed by atoms with van der Waals surface area (Å²) in [6, 6.07) is 8.07. The highest BCUT2D eigenvalue weighted by Gasteiger charge is 2.14. The van der Waals surface area contributed by atoms with Gasteiger partial charge < -0.3 is 5.32 Å². The molecule has 0 saturated heterocycles. The Labute approximate surface area is 112 Å². The van der Waals surface area contributed by atoms with Crippen molar-refractivity contribution in [1.29, 1.82) is 0 Å². The highest BCUT2D eigenvalue weighted by molar-refractivity contribution is 9.10. The van der Waals surface area contributed by atoms with Crippen molar-refractivity contribution in [3.8, 4) is 0 Å². The van der Waals surface area contributed by atoms with Gasteiger partial charge >= 0.3 is 0 Å². The first-order chi connectivity index (χ1) is 7.78. The molecule has 0 saturated carbocycles. The van der Waals surface area contributed by atoms with Crippen LogP contribution in [0.3, 0.4) is 0 Å². The number of sulfone groups is 1. The van der Waals surface area contributed by atoms with Gasteiger partial charge in [-0.3, -0.25) is 0 Å². The zero-order valence-corrected chi connectivity index (χ0v) is 12.7. The van der Waals surface area contributed by atoms with Crippen molar-refractivity contribution in [2.45, 2.75) is 25.9 Å². The first-order valence-electron chi connectivity index (χ1n) is 5.47. The van der Waals surface area contributed by atoms with Crippen LogP contribution in [0.2, 0.25) is 0 Å². The summed E-state index contributed by atoms with van der Waals surface area (Å²) in [5.41, 5.74) is 1.14. The topological polar surface area (TPSA) is 46.2 Å². The van der Waals surface area contributed by atoms with Crippen LogP contribution >= 0.6 is 15.9 Å². The van der Waals surface area contributed by atoms with Crippen LogP contribution in [0.15, 0.2) is 28.7 Å². The molecular weight excluding hydrogens is 302 g/mol. The number of rotatable bonds is 5. The van der Waals surface area contributed by atoms with E-state index in [2.05, 4.69) is 21.2 Å². The maximum absolute atomic E-state index is 11.2. The van der Waals surface area contributed by atoms with Crippen LogP contribution in [-0.2, 0) is 9.84 Å². The summed E-state index contributed by atoms with van der Waals surface area (Å²) in [7, 11) is -2.93. The quantitative estimate of drug-likeness (QED) is 0.907. The second-order valence-corrected chi connectivity index (χ2v) is 7.54. The molecule has 3 nitrogen and oxygen atoms in total. The minimum atomic E-state index is -2.93. The summed E-state index contributed by atoms with van der Waals surface area (Å²) in [4.78, 5) is 0. The van der Waals surface area contributed by atoms with E-state index < -0.39 is 9.84 Å². The van der Waals surface area contributed by atoms with E-state index in [1.54, 1.807) is 0 Å². The fourth-order valence-electron chi connectivity index (χ4n) is 1.80. The van der Waals surface area contributed by atoms with E-state index in [9.17, 15) is 8.42 Å². The van der Waals surface area contributed by atoms with Crippen molar-refractivity contribution < 1.29 is 8.42 Å². The third kappa shape index (κ3) is 5.66. The molecule has 2 atom stereocenters. The number of nitrogens with one attached hydrogen (secondary N) is 1. The Morgan fingerprint density at radius 1 is 1.35 bits per heavy atom. The zero-order valence-electron chi connectivity index (χ0n) is 10.3. The van der Waals surface area contributed by atoms with Crippen LogP contribution in [0.4, 0.5) is 0 Å². The average Bonchev–Trinajstić information content (AvgIpc) is 2.14. The number of halogens is 1. The van der Waals surface area contributed by atoms with Crippen LogP contribution in [0.1, 0.15) is 25.5 Å². The Kier molecular flexibility index (Phi) is 5.16. The van der Waals surface area contributed by atoms with Crippen LogP contribution < -0.4 is 5.32 Å². The van der Waals surface area contributed by atoms with Gasteiger partial charge in [-0.1, -0.05) is 28.1 Å². The van der Waals surface area contributed by atoms with Crippen molar-refractivity contribution in [1.82, 2.24) is 5.32 Å². The van der Waals surface area contributed by atoms with Gasteiger partial charge in [0.05, 0.1) is 5.75 Å². The summed E-state index contributed by atoms with van der Waals surface area (Å²) in [6.07, 6.45) is 1.26. The Morgan fingerprint density at radius 3 is 2.53 bits per heavy atom. The summed E-state index contributed by atoms with van der Waals surface area (Å²) in [5, 5.41) is 3.28. The van der Waals surface area contributed by atoms with Crippen molar-refractivity contribution in [2.24, 2.45) is 0 Å². The molecule has 0 fully saturated rings. The Bertz CT molecular complexity index is 473. The van der Waals surface area contributed by atoms with Gasteiger partial charge in [0, 0.05) is 22.8 Å². The molecule has 1 unspecified atom stereocenters. The summed E-state index contributed by atoms with van der Waals surface area (Å²) >= 11 is 3.42. The van der Waals surface area contributed by atoms with Gasteiger partial charge in [-0.15, -0.1) is 0 Å². The van der Waals surface area contributed by atoms with Gasteiger partial charge in [-0.25, -0.2) is 8.42 Å². The molecule has 1 aromatic carbocycles. The largest absolute Gasteiger partial charge is 0.307 e. The van der Waals surface area contributed by atoms with Gasteiger partial charge in [0.2, 0.25) is 0 Å². The van der Waals surface area contributed by atoms with Gasteiger partial charge in [-0.2, -0.15) is 0 Å². The lowest BCUT2D eigenvalue weighted by atomic mass is 10.1. The standard InChI is InChI=1S/C12H18BrNO2S/c1-9(8-17(3,15)16)14-10(2)11-5-4-6-12(13)7-11/h4-7,9-10,14H,8H2,1-3H3/t9?,10-/m1/s1. The van der Waals surface area contributed by atoms with Crippen molar-refractivity contribution in [3.63, 3.8) is 0 Å². The summed E-state index contributed by atoms with van der Waals surface area (Å²) in [5.74, 6) is 0.158. The van der Waals surface area contributed by atoms with E-state index in [4.69, 9.17) is 0 Å². The van der Waals surface area contributed by atoms with Crippen LogP contribution in [-0.4, -0.2) is 26.5 Å². The van der Waals surface area contributed by atoms with Gasteiger partial charge in [-0.05, 0) is 31.5 Å². The van der Waals surface area contributed by atoms with E-state index in [0.29, 0.717) is 0 Å². The Balaban J connectivity index is 2.63. The van der Waals surface area contributed by atoms with Crippen molar-refractivity contribution >= 4 is 25.8 Å². The molecule has 1 aromatic rings. The molecule has 1 rings (SSSR count). The van der Waals surface area contributed by atoms with E-state index >= 15 is 0 Å². The molecule has 5 heteroatoms. The SMILES string of the molecule is CC(CS(C)(=O)=O)N[C@H](C)c1cccc(Br)c1. The summed E-state index contributed by atoms with van der Waals surface area (Å²) in [6.45, 7) is 3.91. The molecule has 0 aliphatic carbocycles. The Hall–Kier alpha value is -0.390. The van der Waals surface area contributed by atoms with E-state index in [-0.39, 0.29) is 17.8 Å². The van der Waals surface area contributed by atoms with Crippen LogP contribution in [0.5, 0.6) is 0 Å². The molecule has 0 radical (unpaired) electrons. The molecule has 0 aromatic heterocycles. The normalized spacial score (nSPS) is 15.5. The lowest BCUT2D eigenvalue weighted by Gasteiger charge is -2.19. The van der Waals surface area contributed by atoms with Crippen LogP contribution in [0, 0.1) is 0 Å². The number of benzene rings is 1. The second kappa shape index (κ2) is 5.98. The van der Waals surface area contributed by atoms with Gasteiger partial charge in [0.1, 0.15) is 9.84 Å². The summed E-state index contributed by atoms with van der Waals surface area (Å²) < 4.78 is 23.4. The molecule has 96 valence electrons. The van der Waals surface area contributed by atoms with Crippen molar-refractivity contribution in [2.75, 3.05) is 12.0 Å². The zero-order chi connectivity index (χ0) is 13.1. The minimum absolute atomic E-state index is 0.0565. The first-order valence-corrected chi connectivity index (χ1v) is 8.32. The van der Waals surface area contributed by atoms with E-state index in [1.807, 2.05) is 38.1 Å². The maximum Gasteiger partial charge on any atom is 0.148 e. The molecule has 17 heavy (non-hydrogen) atoms. The minimum Gasteiger partial charge on any atom is -0.307 e. The predicted octanol–water partition coefficient (Wildman–Crippen LogP) is 2.53. The first kappa shape index (κ1) is 14.7. The highest BCUT2D eigenvalue weighted by atomic mass is 79.9. The lowest BCUT2D eigenvalue weighted by Crippen LogP contribution is -2.34. The highest BCUT2D eigenvalue weighted by Crippen LogP contribution is 2.18. The maximum atomic E-state index is 11.2. The molecule has 0 spiro atoms. The fraction of sp³-hybridized carbons (Fsp3) is 0.500. The second-order valence-electron chi connectivity index (χ2n) is 4.44.